The molecule has 2 aliphatic heterocycles. The molecule has 2 N–H and O–H groups in total. The lowest BCUT2D eigenvalue weighted by Gasteiger charge is -2.41. The van der Waals surface area contributed by atoms with Gasteiger partial charge in [-0.3, -0.25) is 19.8 Å². The van der Waals surface area contributed by atoms with Gasteiger partial charge in [0.15, 0.2) is 0 Å². The Morgan fingerprint density at radius 1 is 1.15 bits per heavy atom. The lowest BCUT2D eigenvalue weighted by atomic mass is 9.87. The number of rotatable bonds is 3. The van der Waals surface area contributed by atoms with E-state index in [0.29, 0.717) is 18.5 Å². The highest BCUT2D eigenvalue weighted by Crippen LogP contribution is 2.33. The van der Waals surface area contributed by atoms with Crippen molar-refractivity contribution in [2.75, 3.05) is 18.4 Å². The fourth-order valence-electron chi connectivity index (χ4n) is 3.84. The lowest BCUT2D eigenvalue weighted by molar-refractivity contribution is -0.133. The van der Waals surface area contributed by atoms with Gasteiger partial charge in [0, 0.05) is 17.6 Å². The molecule has 1 unspecified atom stereocenters. The van der Waals surface area contributed by atoms with Crippen molar-refractivity contribution in [3.8, 4) is 0 Å². The zero-order valence-electron chi connectivity index (χ0n) is 15.8. The number of carbonyl (C=O) groups is 2. The van der Waals surface area contributed by atoms with E-state index in [0.717, 1.165) is 31.5 Å². The third-order valence-corrected chi connectivity index (χ3v) is 5.46. The molecule has 2 heterocycles. The molecule has 0 saturated carbocycles. The molecule has 2 fully saturated rings. The fourth-order valence-corrected chi connectivity index (χ4v) is 3.84. The van der Waals surface area contributed by atoms with Crippen molar-refractivity contribution in [1.29, 1.82) is 0 Å². The number of carbonyl (C=O) groups excluding carboxylic acids is 2. The third-order valence-electron chi connectivity index (χ3n) is 5.46. The summed E-state index contributed by atoms with van der Waals surface area (Å²) in [6.45, 7) is 8.59. The summed E-state index contributed by atoms with van der Waals surface area (Å²) in [4.78, 5) is 25.5. The van der Waals surface area contributed by atoms with Crippen molar-refractivity contribution in [2.45, 2.75) is 64.0 Å². The Hall–Kier alpha value is -1.95. The topological polar surface area (TPSA) is 61.4 Å². The minimum atomic E-state index is -0.493. The van der Waals surface area contributed by atoms with Crippen molar-refractivity contribution in [3.63, 3.8) is 0 Å². The summed E-state index contributed by atoms with van der Waals surface area (Å²) in [5, 5.41) is 5.34. The minimum absolute atomic E-state index is 0.152. The number of hydrogen-bond acceptors (Lipinski definition) is 4. The first kappa shape index (κ1) is 18.8. The van der Waals surface area contributed by atoms with Gasteiger partial charge in [-0.1, -0.05) is 6.07 Å². The summed E-state index contributed by atoms with van der Waals surface area (Å²) in [6.07, 6.45) is 2.64. The predicted octanol–water partition coefficient (Wildman–Crippen LogP) is 3.02. The highest BCUT2D eigenvalue weighted by atomic mass is 19.1. The van der Waals surface area contributed by atoms with E-state index in [4.69, 9.17) is 0 Å². The molecule has 0 aromatic heterocycles. The number of amides is 2. The summed E-state index contributed by atoms with van der Waals surface area (Å²) in [7, 11) is 0. The first-order valence-electron chi connectivity index (χ1n) is 9.39. The summed E-state index contributed by atoms with van der Waals surface area (Å²) < 4.78 is 14.7. The van der Waals surface area contributed by atoms with Gasteiger partial charge >= 0.3 is 0 Å². The van der Waals surface area contributed by atoms with Crippen molar-refractivity contribution in [2.24, 2.45) is 0 Å². The molecule has 0 radical (unpaired) electrons. The molecule has 2 aliphatic rings. The van der Waals surface area contributed by atoms with Gasteiger partial charge in [0.1, 0.15) is 11.9 Å². The molecule has 0 aliphatic carbocycles. The molecule has 142 valence electrons. The van der Waals surface area contributed by atoms with Crippen LogP contribution < -0.4 is 10.6 Å². The second kappa shape index (κ2) is 7.35. The maximum absolute atomic E-state index is 14.7. The second-order valence-corrected chi connectivity index (χ2v) is 8.32. The number of benzene rings is 1. The average molecular weight is 361 g/mol. The van der Waals surface area contributed by atoms with Gasteiger partial charge in [0.05, 0.1) is 0 Å². The van der Waals surface area contributed by atoms with Crippen LogP contribution in [0.4, 0.5) is 10.1 Å². The summed E-state index contributed by atoms with van der Waals surface area (Å²) in [6, 6.07) is 4.64. The maximum Gasteiger partial charge on any atom is 0.249 e. The molecule has 5 nitrogen and oxygen atoms in total. The highest BCUT2D eigenvalue weighted by molar-refractivity contribution is 6.01. The molecule has 0 spiro atoms. The number of nitrogens with zero attached hydrogens (tertiary/aromatic N) is 1. The SMILES string of the molecule is CC(C)(C)N1CCC(c2ccc(NC3CCC(=O)NC3=O)cc2F)CC1. The molecule has 0 bridgehead atoms. The minimum Gasteiger partial charge on any atom is -0.374 e. The van der Waals surface area contributed by atoms with Gasteiger partial charge in [-0.05, 0) is 76.7 Å². The van der Waals surface area contributed by atoms with Crippen LogP contribution in [0.2, 0.25) is 0 Å². The highest BCUT2D eigenvalue weighted by Gasteiger charge is 2.29. The van der Waals surface area contributed by atoms with Gasteiger partial charge in [-0.2, -0.15) is 0 Å². The number of halogens is 1. The largest absolute Gasteiger partial charge is 0.374 e. The van der Waals surface area contributed by atoms with Crippen LogP contribution >= 0.6 is 0 Å². The van der Waals surface area contributed by atoms with E-state index in [-0.39, 0.29) is 29.1 Å². The zero-order valence-corrected chi connectivity index (χ0v) is 15.8. The zero-order chi connectivity index (χ0) is 18.9. The van der Waals surface area contributed by atoms with Crippen LogP contribution in [0.25, 0.3) is 0 Å². The van der Waals surface area contributed by atoms with Gasteiger partial charge < -0.3 is 5.32 Å². The Morgan fingerprint density at radius 3 is 2.42 bits per heavy atom. The second-order valence-electron chi connectivity index (χ2n) is 8.32. The van der Waals surface area contributed by atoms with E-state index in [1.165, 1.54) is 6.07 Å². The standard InChI is InChI=1S/C20H28FN3O2/c1-20(2,3)24-10-8-13(9-11-24)15-5-4-14(12-16(15)21)22-17-6-7-18(25)23-19(17)26/h4-5,12-13,17,22H,6-11H2,1-3H3,(H,23,25,26). The number of piperidine rings is 2. The Bertz CT molecular complexity index is 691. The molecule has 1 aromatic carbocycles. The van der Waals surface area contributed by atoms with E-state index < -0.39 is 6.04 Å². The first-order chi connectivity index (χ1) is 12.2. The van der Waals surface area contributed by atoms with Crippen LogP contribution in [-0.4, -0.2) is 41.4 Å². The quantitative estimate of drug-likeness (QED) is 0.813. The van der Waals surface area contributed by atoms with Crippen molar-refractivity contribution in [3.05, 3.63) is 29.6 Å². The maximum atomic E-state index is 14.7. The van der Waals surface area contributed by atoms with Gasteiger partial charge in [-0.25, -0.2) is 4.39 Å². The van der Waals surface area contributed by atoms with E-state index in [1.54, 1.807) is 0 Å². The summed E-state index contributed by atoms with van der Waals surface area (Å²) in [5.74, 6) is -0.591. The van der Waals surface area contributed by atoms with Crippen LogP contribution in [0.3, 0.4) is 0 Å². The van der Waals surface area contributed by atoms with Crippen molar-refractivity contribution >= 4 is 17.5 Å². The van der Waals surface area contributed by atoms with Crippen LogP contribution in [0.15, 0.2) is 18.2 Å². The van der Waals surface area contributed by atoms with Gasteiger partial charge in [-0.15, -0.1) is 0 Å². The number of imide groups is 1. The Balaban J connectivity index is 1.63. The number of likely N-dealkylation sites (tertiary alicyclic amines) is 1. The molecule has 3 rings (SSSR count). The van der Waals surface area contributed by atoms with Crippen molar-refractivity contribution in [1.82, 2.24) is 10.2 Å². The number of anilines is 1. The Labute approximate surface area is 154 Å². The molecular weight excluding hydrogens is 333 g/mol. The normalized spacial score (nSPS) is 23.0. The van der Waals surface area contributed by atoms with E-state index in [9.17, 15) is 14.0 Å². The Morgan fingerprint density at radius 2 is 1.85 bits per heavy atom. The molecule has 26 heavy (non-hydrogen) atoms. The average Bonchev–Trinajstić information content (AvgIpc) is 2.57. The molecule has 1 aromatic rings. The van der Waals surface area contributed by atoms with Gasteiger partial charge in [0.25, 0.3) is 0 Å². The third kappa shape index (κ3) is 4.23. The van der Waals surface area contributed by atoms with E-state index in [1.807, 2.05) is 12.1 Å². The monoisotopic (exact) mass is 361 g/mol. The van der Waals surface area contributed by atoms with Crippen molar-refractivity contribution < 1.29 is 14.0 Å². The van der Waals surface area contributed by atoms with Crippen LogP contribution in [0.5, 0.6) is 0 Å². The molecule has 6 heteroatoms. The lowest BCUT2D eigenvalue weighted by Crippen LogP contribution is -2.47. The van der Waals surface area contributed by atoms with Crippen LogP contribution in [0, 0.1) is 5.82 Å². The fraction of sp³-hybridized carbons (Fsp3) is 0.600. The van der Waals surface area contributed by atoms with E-state index in [2.05, 4.69) is 36.3 Å². The van der Waals surface area contributed by atoms with Crippen LogP contribution in [0.1, 0.15) is 57.9 Å². The first-order valence-corrected chi connectivity index (χ1v) is 9.39. The molecular formula is C20H28FN3O2. The summed E-state index contributed by atoms with van der Waals surface area (Å²) >= 11 is 0. The molecule has 2 saturated heterocycles. The number of hydrogen-bond donors (Lipinski definition) is 2. The smallest absolute Gasteiger partial charge is 0.249 e. The predicted molar refractivity (Wildman–Crippen MR) is 99.5 cm³/mol. The molecule has 2 amide bonds. The summed E-state index contributed by atoms with van der Waals surface area (Å²) in [5.41, 5.74) is 1.49. The molecule has 1 atom stereocenters. The van der Waals surface area contributed by atoms with E-state index >= 15 is 0 Å². The Kier molecular flexibility index (Phi) is 5.32. The van der Waals surface area contributed by atoms with Crippen LogP contribution in [-0.2, 0) is 9.59 Å². The van der Waals surface area contributed by atoms with Gasteiger partial charge in [0.2, 0.25) is 11.8 Å². The number of nitrogens with one attached hydrogen (secondary N) is 2.